The van der Waals surface area contributed by atoms with Gasteiger partial charge in [0.05, 0.1) is 18.0 Å². The summed E-state index contributed by atoms with van der Waals surface area (Å²) in [5.41, 5.74) is 3.91. The van der Waals surface area contributed by atoms with Gasteiger partial charge >= 0.3 is 5.97 Å². The van der Waals surface area contributed by atoms with E-state index in [4.69, 9.17) is 5.11 Å². The van der Waals surface area contributed by atoms with Gasteiger partial charge in [-0.3, -0.25) is 19.3 Å². The lowest BCUT2D eigenvalue weighted by Crippen LogP contribution is -2.29. The van der Waals surface area contributed by atoms with Gasteiger partial charge in [-0.1, -0.05) is 75.4 Å². The molecule has 0 aliphatic carbocycles. The summed E-state index contributed by atoms with van der Waals surface area (Å²) in [5, 5.41) is 21.4. The Morgan fingerprint density at radius 3 is 2.21 bits per heavy atom. The second kappa shape index (κ2) is 9.34. The predicted octanol–water partition coefficient (Wildman–Crippen LogP) is 5.72. The summed E-state index contributed by atoms with van der Waals surface area (Å²) in [6.45, 7) is 6.30. The van der Waals surface area contributed by atoms with Gasteiger partial charge in [-0.25, -0.2) is 0 Å². The van der Waals surface area contributed by atoms with E-state index in [1.165, 1.54) is 4.90 Å². The molecule has 1 unspecified atom stereocenters. The van der Waals surface area contributed by atoms with Crippen molar-refractivity contribution in [3.8, 4) is 0 Å². The lowest BCUT2D eigenvalue weighted by atomic mass is 9.85. The van der Waals surface area contributed by atoms with Gasteiger partial charge in [-0.05, 0) is 40.3 Å². The number of aromatic amines is 1. The number of benzene rings is 3. The molecule has 5 rings (SSSR count). The number of hydrogen-bond acceptors (Lipinski definition) is 4. The number of anilines is 1. The van der Waals surface area contributed by atoms with Gasteiger partial charge in [0, 0.05) is 28.4 Å². The molecule has 1 aliphatic rings. The van der Waals surface area contributed by atoms with E-state index in [-0.39, 0.29) is 23.2 Å². The number of carbonyl (C=O) groups is 3. The third-order valence-electron chi connectivity index (χ3n) is 6.95. The predicted molar refractivity (Wildman–Crippen MR) is 146 cm³/mol. The van der Waals surface area contributed by atoms with Crippen molar-refractivity contribution in [2.75, 3.05) is 4.90 Å². The maximum absolute atomic E-state index is 13.5. The molecule has 1 saturated heterocycles. The fraction of sp³-hybridized carbons (Fsp3) is 0.194. The highest BCUT2D eigenvalue weighted by atomic mass is 16.4. The van der Waals surface area contributed by atoms with Crippen molar-refractivity contribution in [1.29, 1.82) is 0 Å². The summed E-state index contributed by atoms with van der Waals surface area (Å²) in [6, 6.07) is 20.8. The molecule has 192 valence electrons. The first kappa shape index (κ1) is 25.0. The molecule has 0 spiro atoms. The number of ketones is 1. The standard InChI is InChI=1S/C31H28N2O5/c1-31(2,3)20-12-10-19(11-13-20)27-26(28(36)23-17-32-24-7-5-4-6-22(23)24)29(37)30(38)33(27)21-14-8-18(9-15-21)16-25(34)35/h4-15,17,27,32,36H,16H2,1-3H3,(H,34,35)/b28-26-. The average molecular weight is 509 g/mol. The van der Waals surface area contributed by atoms with Crippen LogP contribution in [0.5, 0.6) is 0 Å². The van der Waals surface area contributed by atoms with Gasteiger partial charge in [-0.2, -0.15) is 0 Å². The minimum atomic E-state index is -0.962. The Kier molecular flexibility index (Phi) is 6.15. The molecule has 1 fully saturated rings. The summed E-state index contributed by atoms with van der Waals surface area (Å²) in [4.78, 5) is 42.5. The van der Waals surface area contributed by atoms with E-state index in [9.17, 15) is 19.5 Å². The second-order valence-electron chi connectivity index (χ2n) is 10.5. The van der Waals surface area contributed by atoms with Crippen LogP contribution in [0.3, 0.4) is 0 Å². The van der Waals surface area contributed by atoms with Crippen molar-refractivity contribution in [1.82, 2.24) is 4.98 Å². The molecular formula is C31H28N2O5. The molecule has 1 aromatic heterocycles. The Morgan fingerprint density at radius 1 is 0.921 bits per heavy atom. The summed E-state index contributed by atoms with van der Waals surface area (Å²) < 4.78 is 0. The van der Waals surface area contributed by atoms with Gasteiger partial charge in [-0.15, -0.1) is 0 Å². The first-order valence-electron chi connectivity index (χ1n) is 12.3. The Labute approximate surface area is 220 Å². The number of carboxylic acids is 1. The van der Waals surface area contributed by atoms with Crippen molar-refractivity contribution in [2.45, 2.75) is 38.6 Å². The zero-order valence-corrected chi connectivity index (χ0v) is 21.4. The van der Waals surface area contributed by atoms with Crippen LogP contribution in [0.25, 0.3) is 16.7 Å². The van der Waals surface area contributed by atoms with Crippen LogP contribution in [0.15, 0.2) is 84.6 Å². The van der Waals surface area contributed by atoms with Crippen LogP contribution in [0, 0.1) is 0 Å². The highest BCUT2D eigenvalue weighted by molar-refractivity contribution is 6.51. The summed E-state index contributed by atoms with van der Waals surface area (Å²) in [7, 11) is 0. The molecule has 7 heteroatoms. The number of rotatable bonds is 5. The molecule has 3 aromatic carbocycles. The lowest BCUT2D eigenvalue weighted by Gasteiger charge is -2.26. The number of carboxylic acid groups (broad SMARTS) is 1. The first-order valence-corrected chi connectivity index (χ1v) is 12.3. The van der Waals surface area contributed by atoms with Crippen LogP contribution in [-0.2, 0) is 26.2 Å². The number of aromatic nitrogens is 1. The van der Waals surface area contributed by atoms with Gasteiger partial charge < -0.3 is 15.2 Å². The maximum Gasteiger partial charge on any atom is 0.307 e. The molecule has 1 atom stereocenters. The minimum absolute atomic E-state index is 0.00197. The smallest absolute Gasteiger partial charge is 0.307 e. The number of hydrogen-bond donors (Lipinski definition) is 3. The van der Waals surface area contributed by atoms with Crippen molar-refractivity contribution in [3.63, 3.8) is 0 Å². The number of nitrogens with one attached hydrogen (secondary N) is 1. The Balaban J connectivity index is 1.68. The number of H-pyrrole nitrogens is 1. The fourth-order valence-corrected chi connectivity index (χ4v) is 4.94. The average Bonchev–Trinajstić information content (AvgIpc) is 3.42. The maximum atomic E-state index is 13.5. The minimum Gasteiger partial charge on any atom is -0.507 e. The highest BCUT2D eigenvalue weighted by Gasteiger charge is 2.47. The number of aliphatic hydroxyl groups excluding tert-OH is 1. The van der Waals surface area contributed by atoms with Gasteiger partial charge in [0.15, 0.2) is 0 Å². The monoisotopic (exact) mass is 508 g/mol. The number of para-hydroxylation sites is 1. The van der Waals surface area contributed by atoms with Gasteiger partial charge in [0.25, 0.3) is 11.7 Å². The molecule has 4 aromatic rings. The quantitative estimate of drug-likeness (QED) is 0.181. The number of nitrogens with zero attached hydrogens (tertiary/aromatic N) is 1. The van der Waals surface area contributed by atoms with E-state index in [1.807, 2.05) is 48.5 Å². The van der Waals surface area contributed by atoms with E-state index in [0.717, 1.165) is 16.5 Å². The Morgan fingerprint density at radius 2 is 1.58 bits per heavy atom. The van der Waals surface area contributed by atoms with Crippen molar-refractivity contribution < 1.29 is 24.6 Å². The topological polar surface area (TPSA) is 111 Å². The molecule has 38 heavy (non-hydrogen) atoms. The zero-order chi connectivity index (χ0) is 27.2. The van der Waals surface area contributed by atoms with Crippen LogP contribution in [0.1, 0.15) is 49.1 Å². The molecule has 0 saturated carbocycles. The molecule has 1 aliphatic heterocycles. The van der Waals surface area contributed by atoms with Crippen LogP contribution in [0.4, 0.5) is 5.69 Å². The third kappa shape index (κ3) is 4.36. The number of Topliss-reactive ketones (excluding diaryl/α,β-unsaturated/α-hetero) is 1. The number of aliphatic hydroxyl groups is 1. The van der Waals surface area contributed by atoms with Crippen molar-refractivity contribution >= 4 is 40.0 Å². The van der Waals surface area contributed by atoms with Crippen molar-refractivity contribution in [2.24, 2.45) is 0 Å². The fourth-order valence-electron chi connectivity index (χ4n) is 4.94. The van der Waals surface area contributed by atoms with Crippen LogP contribution in [-0.4, -0.2) is 32.9 Å². The molecule has 0 radical (unpaired) electrons. The molecule has 1 amide bonds. The molecule has 2 heterocycles. The van der Waals surface area contributed by atoms with E-state index >= 15 is 0 Å². The van der Waals surface area contributed by atoms with E-state index in [0.29, 0.717) is 22.4 Å². The Bertz CT molecular complexity index is 1590. The van der Waals surface area contributed by atoms with E-state index in [1.54, 1.807) is 30.5 Å². The third-order valence-corrected chi connectivity index (χ3v) is 6.95. The molecule has 7 nitrogen and oxygen atoms in total. The van der Waals surface area contributed by atoms with E-state index < -0.39 is 23.7 Å². The number of carbonyl (C=O) groups excluding carboxylic acids is 2. The highest BCUT2D eigenvalue weighted by Crippen LogP contribution is 2.43. The van der Waals surface area contributed by atoms with Crippen LogP contribution < -0.4 is 4.90 Å². The SMILES string of the molecule is CC(C)(C)c1ccc(C2/C(=C(/O)c3c[nH]c4ccccc34)C(=O)C(=O)N2c2ccc(CC(=O)O)cc2)cc1. The lowest BCUT2D eigenvalue weighted by molar-refractivity contribution is -0.136. The molecule has 0 bridgehead atoms. The summed E-state index contributed by atoms with van der Waals surface area (Å²) in [6.07, 6.45) is 1.48. The van der Waals surface area contributed by atoms with Crippen LogP contribution in [0.2, 0.25) is 0 Å². The van der Waals surface area contributed by atoms with E-state index in [2.05, 4.69) is 25.8 Å². The number of amides is 1. The zero-order valence-electron chi connectivity index (χ0n) is 21.4. The molecule has 3 N–H and O–H groups in total. The second-order valence-corrected chi connectivity index (χ2v) is 10.5. The van der Waals surface area contributed by atoms with Crippen LogP contribution >= 0.6 is 0 Å². The van der Waals surface area contributed by atoms with Crippen molar-refractivity contribution in [3.05, 3.63) is 107 Å². The summed E-state index contributed by atoms with van der Waals surface area (Å²) >= 11 is 0. The van der Waals surface area contributed by atoms with Gasteiger partial charge in [0.1, 0.15) is 5.76 Å². The summed E-state index contributed by atoms with van der Waals surface area (Å²) in [5.74, 6) is -2.76. The first-order chi connectivity index (χ1) is 18.1. The number of fused-ring (bicyclic) bond motifs is 1. The number of aliphatic carboxylic acids is 1. The normalized spacial score (nSPS) is 17.3. The largest absolute Gasteiger partial charge is 0.507 e. The molecular weight excluding hydrogens is 480 g/mol. The van der Waals surface area contributed by atoms with Gasteiger partial charge in [0.2, 0.25) is 0 Å². The Hall–Kier alpha value is -4.65.